The number of hydrogen-bond donors (Lipinski definition) is 1. The van der Waals surface area contributed by atoms with Crippen molar-refractivity contribution in [3.8, 4) is 0 Å². The van der Waals surface area contributed by atoms with Gasteiger partial charge in [0.05, 0.1) is 6.61 Å². The third-order valence-corrected chi connectivity index (χ3v) is 3.46. The van der Waals surface area contributed by atoms with Crippen molar-refractivity contribution < 1.29 is 28.8 Å². The predicted octanol–water partition coefficient (Wildman–Crippen LogP) is 0.375. The van der Waals surface area contributed by atoms with Crippen LogP contribution in [0.15, 0.2) is 0 Å². The van der Waals surface area contributed by atoms with Crippen LogP contribution >= 0.6 is 0 Å². The maximum absolute atomic E-state index is 9.87. The van der Waals surface area contributed by atoms with Crippen LogP contribution in [0, 0.1) is 0 Å². The molecule has 0 aromatic carbocycles. The maximum Gasteiger partial charge on any atom is 0.184 e. The number of rotatable bonds is 1. The average Bonchev–Trinajstić information content (AvgIpc) is 2.81. The monoisotopic (exact) mass is 260 g/mol. The summed E-state index contributed by atoms with van der Waals surface area (Å²) in [6, 6.07) is 0. The largest absolute Gasteiger partial charge is 0.366 e. The molecule has 3 aliphatic heterocycles. The van der Waals surface area contributed by atoms with E-state index in [1.54, 1.807) is 0 Å². The summed E-state index contributed by atoms with van der Waals surface area (Å²) in [7, 11) is 0. The molecule has 0 radical (unpaired) electrons. The molecule has 3 aliphatic rings. The molecule has 0 unspecified atom stereocenters. The predicted molar refractivity (Wildman–Crippen MR) is 59.6 cm³/mol. The van der Waals surface area contributed by atoms with Crippen molar-refractivity contribution >= 4 is 0 Å². The molecular weight excluding hydrogens is 240 g/mol. The third kappa shape index (κ3) is 2.07. The van der Waals surface area contributed by atoms with Gasteiger partial charge in [-0.15, -0.1) is 0 Å². The first-order valence-corrected chi connectivity index (χ1v) is 6.28. The summed E-state index contributed by atoms with van der Waals surface area (Å²) in [6.07, 6.45) is -2.38. The Morgan fingerprint density at radius 2 is 1.56 bits per heavy atom. The summed E-state index contributed by atoms with van der Waals surface area (Å²) in [5, 5.41) is 9.87. The second kappa shape index (κ2) is 3.88. The lowest BCUT2D eigenvalue weighted by molar-refractivity contribution is -0.236. The molecule has 0 saturated carbocycles. The fourth-order valence-electron chi connectivity index (χ4n) is 2.78. The van der Waals surface area contributed by atoms with Crippen molar-refractivity contribution in [2.45, 2.75) is 70.0 Å². The molecule has 0 spiro atoms. The zero-order chi connectivity index (χ0) is 13.1. The van der Waals surface area contributed by atoms with E-state index < -0.39 is 24.0 Å². The van der Waals surface area contributed by atoms with Crippen LogP contribution in [0.2, 0.25) is 0 Å². The molecule has 104 valence electrons. The fourth-order valence-corrected chi connectivity index (χ4v) is 2.78. The van der Waals surface area contributed by atoms with E-state index in [0.717, 1.165) is 0 Å². The van der Waals surface area contributed by atoms with E-state index in [2.05, 4.69) is 0 Å². The van der Waals surface area contributed by atoms with Crippen LogP contribution in [-0.2, 0) is 23.7 Å². The number of fused-ring (bicyclic) bond motifs is 1. The highest BCUT2D eigenvalue weighted by Gasteiger charge is 2.58. The smallest absolute Gasteiger partial charge is 0.184 e. The molecule has 3 rings (SSSR count). The Balaban J connectivity index is 1.75. The van der Waals surface area contributed by atoms with Gasteiger partial charge in [-0.2, -0.15) is 0 Å². The van der Waals surface area contributed by atoms with Crippen molar-refractivity contribution in [3.05, 3.63) is 0 Å². The highest BCUT2D eigenvalue weighted by atomic mass is 16.8. The molecule has 0 aliphatic carbocycles. The topological polar surface area (TPSA) is 66.4 Å². The number of aliphatic hydroxyl groups is 1. The van der Waals surface area contributed by atoms with Gasteiger partial charge in [-0.1, -0.05) is 0 Å². The summed E-state index contributed by atoms with van der Waals surface area (Å²) in [5.41, 5.74) is 0. The summed E-state index contributed by atoms with van der Waals surface area (Å²) >= 11 is 0. The molecule has 6 nitrogen and oxygen atoms in total. The van der Waals surface area contributed by atoms with Crippen LogP contribution in [-0.4, -0.2) is 54.0 Å². The molecule has 3 saturated heterocycles. The maximum atomic E-state index is 9.87. The third-order valence-electron chi connectivity index (χ3n) is 3.46. The molecule has 18 heavy (non-hydrogen) atoms. The molecule has 0 amide bonds. The number of aliphatic hydroxyl groups excluding tert-OH is 1. The van der Waals surface area contributed by atoms with E-state index >= 15 is 0 Å². The average molecular weight is 260 g/mol. The molecule has 6 heteroatoms. The van der Waals surface area contributed by atoms with Crippen LogP contribution in [0.4, 0.5) is 0 Å². The van der Waals surface area contributed by atoms with Crippen LogP contribution in [0.3, 0.4) is 0 Å². The van der Waals surface area contributed by atoms with E-state index in [-0.39, 0.29) is 18.3 Å². The van der Waals surface area contributed by atoms with Crippen molar-refractivity contribution in [1.29, 1.82) is 0 Å². The van der Waals surface area contributed by atoms with Crippen LogP contribution in [0.1, 0.15) is 27.7 Å². The first-order chi connectivity index (χ1) is 8.27. The minimum absolute atomic E-state index is 0.248. The Labute approximate surface area is 106 Å². The number of hydrogen-bond acceptors (Lipinski definition) is 6. The van der Waals surface area contributed by atoms with Crippen molar-refractivity contribution in [2.24, 2.45) is 0 Å². The first-order valence-electron chi connectivity index (χ1n) is 6.28. The lowest BCUT2D eigenvalue weighted by Gasteiger charge is -2.26. The first kappa shape index (κ1) is 12.8. The molecule has 3 heterocycles. The van der Waals surface area contributed by atoms with Gasteiger partial charge in [0.2, 0.25) is 0 Å². The summed E-state index contributed by atoms with van der Waals surface area (Å²) in [5.74, 6) is -1.32. The van der Waals surface area contributed by atoms with Crippen molar-refractivity contribution in [2.75, 3.05) is 6.61 Å². The van der Waals surface area contributed by atoms with Gasteiger partial charge >= 0.3 is 0 Å². The van der Waals surface area contributed by atoms with Crippen molar-refractivity contribution in [3.63, 3.8) is 0 Å². The van der Waals surface area contributed by atoms with Crippen molar-refractivity contribution in [1.82, 2.24) is 0 Å². The molecule has 3 fully saturated rings. The Hall–Kier alpha value is -0.240. The molecule has 0 aromatic heterocycles. The van der Waals surface area contributed by atoms with E-state index in [4.69, 9.17) is 23.7 Å². The van der Waals surface area contributed by atoms with E-state index in [1.165, 1.54) is 0 Å². The van der Waals surface area contributed by atoms with Crippen LogP contribution in [0.5, 0.6) is 0 Å². The quantitative estimate of drug-likeness (QED) is 0.735. The van der Waals surface area contributed by atoms with Gasteiger partial charge in [-0.25, -0.2) is 0 Å². The van der Waals surface area contributed by atoms with Gasteiger partial charge in [0.1, 0.15) is 24.4 Å². The second-order valence-corrected chi connectivity index (χ2v) is 5.92. The summed E-state index contributed by atoms with van der Waals surface area (Å²) in [4.78, 5) is 0. The molecule has 0 bridgehead atoms. The minimum atomic E-state index is -0.978. The standard InChI is InChI=1S/C12H20O6/c1-11(2)14-5-6(16-11)7-8-9(10(13)15-7)18-12(3,4)17-8/h6-10,13H,5H2,1-4H3/t6-,7-,8-,9+,10-/m1/s1. The highest BCUT2D eigenvalue weighted by molar-refractivity contribution is 4.99. The SMILES string of the molecule is CC1(C)O[C@H]2[C@H](O1)[C@H](O)O[C@@H]2[C@H]1COC(C)(C)O1. The van der Waals surface area contributed by atoms with Gasteiger partial charge in [0, 0.05) is 0 Å². The van der Waals surface area contributed by atoms with Gasteiger partial charge < -0.3 is 28.8 Å². The fraction of sp³-hybridized carbons (Fsp3) is 1.00. The van der Waals surface area contributed by atoms with Gasteiger partial charge in [-0.05, 0) is 27.7 Å². The van der Waals surface area contributed by atoms with Gasteiger partial charge in [0.15, 0.2) is 17.9 Å². The van der Waals surface area contributed by atoms with Gasteiger partial charge in [0.25, 0.3) is 0 Å². The normalized spacial score (nSPS) is 49.5. The van der Waals surface area contributed by atoms with Crippen LogP contribution < -0.4 is 0 Å². The molecule has 0 aromatic rings. The highest BCUT2D eigenvalue weighted by Crippen LogP contribution is 2.41. The molecular formula is C12H20O6. The molecule has 5 atom stereocenters. The lowest BCUT2D eigenvalue weighted by atomic mass is 10.1. The zero-order valence-electron chi connectivity index (χ0n) is 11.1. The summed E-state index contributed by atoms with van der Waals surface area (Å²) in [6.45, 7) is 7.78. The Kier molecular flexibility index (Phi) is 2.75. The molecule has 1 N–H and O–H groups in total. The second-order valence-electron chi connectivity index (χ2n) is 5.92. The Bertz CT molecular complexity index is 341. The lowest BCUT2D eigenvalue weighted by Crippen LogP contribution is -2.40. The zero-order valence-corrected chi connectivity index (χ0v) is 11.1. The van der Waals surface area contributed by atoms with E-state index in [1.807, 2.05) is 27.7 Å². The van der Waals surface area contributed by atoms with E-state index in [9.17, 15) is 5.11 Å². The van der Waals surface area contributed by atoms with Gasteiger partial charge in [-0.3, -0.25) is 0 Å². The Morgan fingerprint density at radius 1 is 0.889 bits per heavy atom. The summed E-state index contributed by atoms with van der Waals surface area (Å²) < 4.78 is 28.2. The van der Waals surface area contributed by atoms with Crippen LogP contribution in [0.25, 0.3) is 0 Å². The Morgan fingerprint density at radius 3 is 2.17 bits per heavy atom. The number of ether oxygens (including phenoxy) is 5. The van der Waals surface area contributed by atoms with E-state index in [0.29, 0.717) is 6.61 Å². The minimum Gasteiger partial charge on any atom is -0.366 e.